The van der Waals surface area contributed by atoms with E-state index in [-0.39, 0.29) is 17.1 Å². The van der Waals surface area contributed by atoms with Crippen LogP contribution in [0.4, 0.5) is 5.69 Å². The van der Waals surface area contributed by atoms with E-state index in [9.17, 15) is 4.79 Å². The van der Waals surface area contributed by atoms with Crippen LogP contribution in [0.5, 0.6) is 0 Å². The highest BCUT2D eigenvalue weighted by atomic mass is 32.2. The Hall–Kier alpha value is -2.60. The third kappa shape index (κ3) is 5.20. The van der Waals surface area contributed by atoms with E-state index in [1.54, 1.807) is 0 Å². The molecule has 1 amide bonds. The fourth-order valence-electron chi connectivity index (χ4n) is 2.53. The predicted octanol–water partition coefficient (Wildman–Crippen LogP) is 4.81. The normalized spacial score (nSPS) is 11.4. The number of carbonyl (C=O) groups is 1. The van der Waals surface area contributed by atoms with Gasteiger partial charge in [-0.15, -0.1) is 5.10 Å². The lowest BCUT2D eigenvalue weighted by Gasteiger charge is -2.19. The quantitative estimate of drug-likeness (QED) is 0.623. The van der Waals surface area contributed by atoms with Crippen molar-refractivity contribution in [3.8, 4) is 11.4 Å². The molecule has 0 saturated carbocycles. The van der Waals surface area contributed by atoms with Crippen LogP contribution in [-0.2, 0) is 10.2 Å². The van der Waals surface area contributed by atoms with Gasteiger partial charge in [0.2, 0.25) is 11.1 Å². The maximum absolute atomic E-state index is 12.2. The van der Waals surface area contributed by atoms with E-state index in [0.717, 1.165) is 11.3 Å². The molecule has 0 aliphatic rings. The number of thioether (sulfide) groups is 1. The minimum atomic E-state index is -0.0785. The Balaban J connectivity index is 1.54. The van der Waals surface area contributed by atoms with Crippen LogP contribution in [0.25, 0.3) is 11.4 Å². The minimum absolute atomic E-state index is 0.0785. The predicted molar refractivity (Wildman–Crippen MR) is 111 cm³/mol. The number of aryl methyl sites for hydroxylation is 1. The van der Waals surface area contributed by atoms with Gasteiger partial charge in [-0.25, -0.2) is 4.98 Å². The number of H-pyrrole nitrogens is 1. The second kappa shape index (κ2) is 7.96. The SMILES string of the molecule is Cc1ccc(-c2nc(SCC(=O)Nc3ccc(C(C)(C)C)cc3)n[nH]2)cc1. The molecule has 0 fully saturated rings. The number of nitrogens with one attached hydrogen (secondary N) is 2. The molecule has 0 bridgehead atoms. The lowest BCUT2D eigenvalue weighted by atomic mass is 9.87. The molecular formula is C21H24N4OS. The van der Waals surface area contributed by atoms with Gasteiger partial charge in [0.05, 0.1) is 5.75 Å². The van der Waals surface area contributed by atoms with Gasteiger partial charge < -0.3 is 5.32 Å². The lowest BCUT2D eigenvalue weighted by Crippen LogP contribution is -2.15. The lowest BCUT2D eigenvalue weighted by molar-refractivity contribution is -0.113. The van der Waals surface area contributed by atoms with Crippen LogP contribution >= 0.6 is 11.8 Å². The van der Waals surface area contributed by atoms with Crippen molar-refractivity contribution in [3.63, 3.8) is 0 Å². The van der Waals surface area contributed by atoms with E-state index in [4.69, 9.17) is 0 Å². The fraction of sp³-hybridized carbons (Fsp3) is 0.286. The zero-order chi connectivity index (χ0) is 19.4. The summed E-state index contributed by atoms with van der Waals surface area (Å²) in [5, 5.41) is 10.6. The van der Waals surface area contributed by atoms with Crippen molar-refractivity contribution in [1.29, 1.82) is 0 Å². The molecule has 0 saturated heterocycles. The Kier molecular flexibility index (Phi) is 5.65. The third-order valence-corrected chi connectivity index (χ3v) is 5.00. The van der Waals surface area contributed by atoms with E-state index >= 15 is 0 Å². The molecule has 140 valence electrons. The number of carbonyl (C=O) groups excluding carboxylic acids is 1. The van der Waals surface area contributed by atoms with Crippen molar-refractivity contribution in [2.45, 2.75) is 38.3 Å². The molecule has 0 atom stereocenters. The molecule has 2 N–H and O–H groups in total. The summed E-state index contributed by atoms with van der Waals surface area (Å²) in [6.45, 7) is 8.54. The Morgan fingerprint density at radius 2 is 1.74 bits per heavy atom. The molecule has 1 aromatic heterocycles. The average molecular weight is 381 g/mol. The molecule has 0 unspecified atom stereocenters. The molecule has 0 aliphatic heterocycles. The summed E-state index contributed by atoms with van der Waals surface area (Å²) in [6, 6.07) is 16.0. The number of amides is 1. The van der Waals surface area contributed by atoms with Gasteiger partial charge in [0.15, 0.2) is 5.82 Å². The highest BCUT2D eigenvalue weighted by molar-refractivity contribution is 7.99. The second-order valence-corrected chi connectivity index (χ2v) is 8.44. The van der Waals surface area contributed by atoms with Gasteiger partial charge in [-0.2, -0.15) is 0 Å². The van der Waals surface area contributed by atoms with Gasteiger partial charge in [0, 0.05) is 11.3 Å². The van der Waals surface area contributed by atoms with Crippen molar-refractivity contribution in [2.75, 3.05) is 11.1 Å². The summed E-state index contributed by atoms with van der Waals surface area (Å²) >= 11 is 1.31. The Morgan fingerprint density at radius 3 is 2.37 bits per heavy atom. The van der Waals surface area contributed by atoms with Gasteiger partial charge >= 0.3 is 0 Å². The molecule has 2 aromatic carbocycles. The van der Waals surface area contributed by atoms with Crippen LogP contribution in [0, 0.1) is 6.92 Å². The standard InChI is InChI=1S/C21H24N4OS/c1-14-5-7-15(8-6-14)19-23-20(25-24-19)27-13-18(26)22-17-11-9-16(10-12-17)21(2,3)4/h5-12H,13H2,1-4H3,(H,22,26)(H,23,24,25). The highest BCUT2D eigenvalue weighted by Crippen LogP contribution is 2.24. The molecular weight excluding hydrogens is 356 g/mol. The molecule has 27 heavy (non-hydrogen) atoms. The van der Waals surface area contributed by atoms with E-state index in [2.05, 4.69) is 41.3 Å². The maximum Gasteiger partial charge on any atom is 0.234 e. The minimum Gasteiger partial charge on any atom is -0.325 e. The number of aromatic amines is 1. The zero-order valence-electron chi connectivity index (χ0n) is 16.0. The number of hydrogen-bond donors (Lipinski definition) is 2. The van der Waals surface area contributed by atoms with E-state index < -0.39 is 0 Å². The van der Waals surface area contributed by atoms with Crippen LogP contribution < -0.4 is 5.32 Å². The van der Waals surface area contributed by atoms with Crippen LogP contribution in [0.2, 0.25) is 0 Å². The summed E-state index contributed by atoms with van der Waals surface area (Å²) in [6.07, 6.45) is 0. The number of nitrogens with zero attached hydrogens (tertiary/aromatic N) is 2. The molecule has 6 heteroatoms. The third-order valence-electron chi connectivity index (χ3n) is 4.16. The van der Waals surface area contributed by atoms with Crippen molar-refractivity contribution in [2.24, 2.45) is 0 Å². The summed E-state index contributed by atoms with van der Waals surface area (Å²) in [4.78, 5) is 16.6. The van der Waals surface area contributed by atoms with Gasteiger partial charge in [-0.3, -0.25) is 9.89 Å². The first-order valence-corrected chi connectivity index (χ1v) is 9.82. The highest BCUT2D eigenvalue weighted by Gasteiger charge is 2.13. The van der Waals surface area contributed by atoms with Crippen LogP contribution in [0.3, 0.4) is 0 Å². The Labute approximate surface area is 164 Å². The van der Waals surface area contributed by atoms with Gasteiger partial charge in [0.25, 0.3) is 0 Å². The van der Waals surface area contributed by atoms with Crippen molar-refractivity contribution in [3.05, 3.63) is 59.7 Å². The summed E-state index contributed by atoms with van der Waals surface area (Å²) in [5.41, 5.74) is 4.30. The molecule has 3 rings (SSSR count). The molecule has 0 radical (unpaired) electrons. The fourth-order valence-corrected chi connectivity index (χ4v) is 3.13. The number of aromatic nitrogens is 3. The van der Waals surface area contributed by atoms with Crippen molar-refractivity contribution in [1.82, 2.24) is 15.2 Å². The first-order chi connectivity index (χ1) is 12.8. The van der Waals surface area contributed by atoms with E-state index in [0.29, 0.717) is 11.0 Å². The van der Waals surface area contributed by atoms with E-state index in [1.165, 1.54) is 22.9 Å². The number of benzene rings is 2. The number of rotatable bonds is 5. The van der Waals surface area contributed by atoms with Crippen molar-refractivity contribution < 1.29 is 4.79 Å². The maximum atomic E-state index is 12.2. The van der Waals surface area contributed by atoms with E-state index in [1.807, 2.05) is 55.5 Å². The van der Waals surface area contributed by atoms with Gasteiger partial charge in [0.1, 0.15) is 0 Å². The van der Waals surface area contributed by atoms with Crippen LogP contribution in [0.15, 0.2) is 53.7 Å². The van der Waals surface area contributed by atoms with Crippen LogP contribution in [0.1, 0.15) is 31.9 Å². The summed E-state index contributed by atoms with van der Waals surface area (Å²) in [7, 11) is 0. The molecule has 0 spiro atoms. The first kappa shape index (κ1) is 19.2. The molecule has 1 heterocycles. The summed E-state index contributed by atoms with van der Waals surface area (Å²) in [5.74, 6) is 0.882. The topological polar surface area (TPSA) is 70.7 Å². The second-order valence-electron chi connectivity index (χ2n) is 7.50. The molecule has 5 nitrogen and oxygen atoms in total. The largest absolute Gasteiger partial charge is 0.325 e. The number of anilines is 1. The Morgan fingerprint density at radius 1 is 1.07 bits per heavy atom. The average Bonchev–Trinajstić information content (AvgIpc) is 3.09. The number of hydrogen-bond acceptors (Lipinski definition) is 4. The Bertz CT molecular complexity index is 909. The van der Waals surface area contributed by atoms with Crippen molar-refractivity contribution >= 4 is 23.4 Å². The van der Waals surface area contributed by atoms with Gasteiger partial charge in [-0.05, 0) is 30.0 Å². The summed E-state index contributed by atoms with van der Waals surface area (Å²) < 4.78 is 0. The zero-order valence-corrected chi connectivity index (χ0v) is 16.9. The van der Waals surface area contributed by atoms with Gasteiger partial charge in [-0.1, -0.05) is 74.5 Å². The molecule has 0 aliphatic carbocycles. The van der Waals surface area contributed by atoms with Crippen LogP contribution in [-0.4, -0.2) is 26.8 Å². The monoisotopic (exact) mass is 380 g/mol. The smallest absolute Gasteiger partial charge is 0.234 e. The first-order valence-electron chi connectivity index (χ1n) is 8.84. The molecule has 3 aromatic rings.